The Bertz CT molecular complexity index is 338. The second kappa shape index (κ2) is 5.66. The molecule has 0 spiro atoms. The van der Waals surface area contributed by atoms with Gasteiger partial charge in [0.15, 0.2) is 0 Å². The second-order valence-corrected chi connectivity index (χ2v) is 4.05. The fourth-order valence-corrected chi connectivity index (χ4v) is 1.52. The van der Waals surface area contributed by atoms with E-state index in [9.17, 15) is 0 Å². The first kappa shape index (κ1) is 11.9. The molecule has 15 heavy (non-hydrogen) atoms. The summed E-state index contributed by atoms with van der Waals surface area (Å²) in [6, 6.07) is 6.07. The van der Waals surface area contributed by atoms with Crippen LogP contribution in [0.1, 0.15) is 32.4 Å². The minimum absolute atomic E-state index is 0.335. The Morgan fingerprint density at radius 2 is 2.33 bits per heavy atom. The summed E-state index contributed by atoms with van der Waals surface area (Å²) in [7, 11) is 0. The van der Waals surface area contributed by atoms with Gasteiger partial charge >= 0.3 is 0 Å². The molecule has 0 radical (unpaired) electrons. The van der Waals surface area contributed by atoms with Gasteiger partial charge in [0.1, 0.15) is 10.8 Å². The van der Waals surface area contributed by atoms with Crippen LogP contribution in [-0.2, 0) is 0 Å². The fourth-order valence-electron chi connectivity index (χ4n) is 1.41. The van der Waals surface area contributed by atoms with E-state index in [1.54, 1.807) is 0 Å². The van der Waals surface area contributed by atoms with Crippen LogP contribution in [0.3, 0.4) is 0 Å². The van der Waals surface area contributed by atoms with Crippen LogP contribution < -0.4 is 11.1 Å². The molecule has 0 aromatic carbocycles. The van der Waals surface area contributed by atoms with Crippen LogP contribution in [0.5, 0.6) is 0 Å². The monoisotopic (exact) mass is 223 g/mol. The van der Waals surface area contributed by atoms with Crippen LogP contribution in [0.2, 0.25) is 0 Å². The molecule has 0 fully saturated rings. The maximum absolute atomic E-state index is 5.51. The lowest BCUT2D eigenvalue weighted by Crippen LogP contribution is -2.17. The molecule has 0 aliphatic rings. The quantitative estimate of drug-likeness (QED) is 0.752. The van der Waals surface area contributed by atoms with E-state index in [4.69, 9.17) is 18.0 Å². The summed E-state index contributed by atoms with van der Waals surface area (Å²) in [6.45, 7) is 4.30. The van der Waals surface area contributed by atoms with Gasteiger partial charge in [-0.15, -0.1) is 0 Å². The first-order valence-corrected chi connectivity index (χ1v) is 5.57. The Labute approximate surface area is 96.1 Å². The third-order valence-corrected chi connectivity index (χ3v) is 2.33. The summed E-state index contributed by atoms with van der Waals surface area (Å²) in [5, 5.41) is 3.31. The zero-order valence-corrected chi connectivity index (χ0v) is 9.97. The third kappa shape index (κ3) is 3.83. The summed E-state index contributed by atoms with van der Waals surface area (Å²) in [6.07, 6.45) is 2.28. The Kier molecular flexibility index (Phi) is 4.49. The molecule has 0 saturated carbocycles. The number of anilines is 1. The molecule has 0 saturated heterocycles. The predicted molar refractivity (Wildman–Crippen MR) is 68.1 cm³/mol. The lowest BCUT2D eigenvalue weighted by atomic mass is 10.2. The number of nitrogens with one attached hydrogen (secondary N) is 1. The van der Waals surface area contributed by atoms with Gasteiger partial charge in [0.25, 0.3) is 0 Å². The van der Waals surface area contributed by atoms with Crippen molar-refractivity contribution in [3.63, 3.8) is 0 Å². The van der Waals surface area contributed by atoms with E-state index < -0.39 is 0 Å². The zero-order valence-electron chi connectivity index (χ0n) is 9.16. The van der Waals surface area contributed by atoms with E-state index in [0.29, 0.717) is 16.7 Å². The number of nitrogens with two attached hydrogens (primary N) is 1. The molecule has 0 aliphatic carbocycles. The predicted octanol–water partition coefficient (Wildman–Crippen LogP) is 2.32. The average Bonchev–Trinajstić information content (AvgIpc) is 2.18. The van der Waals surface area contributed by atoms with Gasteiger partial charge in [-0.25, -0.2) is 4.98 Å². The van der Waals surface area contributed by atoms with E-state index in [1.165, 1.54) is 0 Å². The van der Waals surface area contributed by atoms with E-state index in [1.807, 2.05) is 18.2 Å². The molecular weight excluding hydrogens is 206 g/mol. The normalized spacial score (nSPS) is 12.1. The highest BCUT2D eigenvalue weighted by molar-refractivity contribution is 7.80. The molecule has 1 heterocycles. The molecule has 1 unspecified atom stereocenters. The molecule has 82 valence electrons. The molecule has 3 nitrogen and oxygen atoms in total. The maximum Gasteiger partial charge on any atom is 0.126 e. The van der Waals surface area contributed by atoms with Gasteiger partial charge in [0.05, 0.1) is 5.69 Å². The Balaban J connectivity index is 2.69. The van der Waals surface area contributed by atoms with Gasteiger partial charge in [0.2, 0.25) is 0 Å². The van der Waals surface area contributed by atoms with Crippen LogP contribution >= 0.6 is 12.2 Å². The maximum atomic E-state index is 5.51. The fraction of sp³-hybridized carbons (Fsp3) is 0.455. The van der Waals surface area contributed by atoms with Crippen molar-refractivity contribution in [2.45, 2.75) is 32.7 Å². The molecule has 1 aromatic heterocycles. The molecule has 1 aromatic rings. The summed E-state index contributed by atoms with van der Waals surface area (Å²) < 4.78 is 0. The number of hydrogen-bond acceptors (Lipinski definition) is 3. The molecule has 1 atom stereocenters. The van der Waals surface area contributed by atoms with Crippen molar-refractivity contribution in [1.82, 2.24) is 4.98 Å². The highest BCUT2D eigenvalue weighted by Crippen LogP contribution is 2.08. The van der Waals surface area contributed by atoms with E-state index in [2.05, 4.69) is 24.1 Å². The lowest BCUT2D eigenvalue weighted by Gasteiger charge is -2.13. The van der Waals surface area contributed by atoms with Crippen LogP contribution in [0.15, 0.2) is 18.2 Å². The van der Waals surface area contributed by atoms with Gasteiger partial charge in [-0.2, -0.15) is 0 Å². The van der Waals surface area contributed by atoms with Gasteiger partial charge in [0, 0.05) is 6.04 Å². The lowest BCUT2D eigenvalue weighted by molar-refractivity contribution is 0.687. The van der Waals surface area contributed by atoms with Crippen molar-refractivity contribution >= 4 is 23.0 Å². The SMILES string of the molecule is CCCC(C)Nc1cccc(C(N)=S)n1. The minimum atomic E-state index is 0.335. The minimum Gasteiger partial charge on any atom is -0.388 e. The van der Waals surface area contributed by atoms with Crippen LogP contribution in [0, 0.1) is 0 Å². The highest BCUT2D eigenvalue weighted by atomic mass is 32.1. The second-order valence-electron chi connectivity index (χ2n) is 3.61. The number of pyridine rings is 1. The Morgan fingerprint density at radius 1 is 1.60 bits per heavy atom. The van der Waals surface area contributed by atoms with Gasteiger partial charge in [-0.3, -0.25) is 0 Å². The molecule has 0 bridgehead atoms. The summed E-state index contributed by atoms with van der Waals surface area (Å²) in [5.41, 5.74) is 6.18. The van der Waals surface area contributed by atoms with Crippen LogP contribution in [0.25, 0.3) is 0 Å². The van der Waals surface area contributed by atoms with Crippen molar-refractivity contribution in [3.05, 3.63) is 23.9 Å². The smallest absolute Gasteiger partial charge is 0.126 e. The van der Waals surface area contributed by atoms with Gasteiger partial charge < -0.3 is 11.1 Å². The van der Waals surface area contributed by atoms with Gasteiger partial charge in [-0.1, -0.05) is 31.6 Å². The van der Waals surface area contributed by atoms with Crippen molar-refractivity contribution in [2.75, 3.05) is 5.32 Å². The molecular formula is C11H17N3S. The van der Waals surface area contributed by atoms with Crippen molar-refractivity contribution < 1.29 is 0 Å². The van der Waals surface area contributed by atoms with Crippen LogP contribution in [0.4, 0.5) is 5.82 Å². The standard InChI is InChI=1S/C11H17N3S/c1-3-5-8(2)13-10-7-4-6-9(14-10)11(12)15/h4,6-8H,3,5H2,1-2H3,(H2,12,15)(H,13,14). The third-order valence-electron chi connectivity index (χ3n) is 2.12. The number of thiocarbonyl (C=S) groups is 1. The molecule has 1 rings (SSSR count). The zero-order chi connectivity index (χ0) is 11.3. The Hall–Kier alpha value is -1.16. The van der Waals surface area contributed by atoms with Crippen molar-refractivity contribution in [3.8, 4) is 0 Å². The summed E-state index contributed by atoms with van der Waals surface area (Å²) >= 11 is 4.87. The van der Waals surface area contributed by atoms with Crippen molar-refractivity contribution in [2.24, 2.45) is 5.73 Å². The number of aromatic nitrogens is 1. The first-order chi connectivity index (χ1) is 7.13. The molecule has 4 heteroatoms. The number of hydrogen-bond donors (Lipinski definition) is 2. The van der Waals surface area contributed by atoms with Crippen LogP contribution in [-0.4, -0.2) is 16.0 Å². The summed E-state index contributed by atoms with van der Waals surface area (Å²) in [5.74, 6) is 0.834. The molecule has 0 aliphatic heterocycles. The largest absolute Gasteiger partial charge is 0.388 e. The number of rotatable bonds is 5. The topological polar surface area (TPSA) is 50.9 Å². The van der Waals surface area contributed by atoms with E-state index >= 15 is 0 Å². The van der Waals surface area contributed by atoms with Gasteiger partial charge in [-0.05, 0) is 25.5 Å². The molecule has 3 N–H and O–H groups in total. The Morgan fingerprint density at radius 3 is 2.93 bits per heavy atom. The van der Waals surface area contributed by atoms with E-state index in [-0.39, 0.29) is 0 Å². The van der Waals surface area contributed by atoms with Crippen molar-refractivity contribution in [1.29, 1.82) is 0 Å². The summed E-state index contributed by atoms with van der Waals surface area (Å²) in [4.78, 5) is 4.65. The first-order valence-electron chi connectivity index (χ1n) is 5.17. The van der Waals surface area contributed by atoms with E-state index in [0.717, 1.165) is 18.7 Å². The average molecular weight is 223 g/mol. The number of nitrogens with zero attached hydrogens (tertiary/aromatic N) is 1. The highest BCUT2D eigenvalue weighted by Gasteiger charge is 2.03. The molecule has 0 amide bonds.